The van der Waals surface area contributed by atoms with Crippen molar-refractivity contribution in [2.45, 2.75) is 26.3 Å². The lowest BCUT2D eigenvalue weighted by atomic mass is 10.2. The third kappa shape index (κ3) is 5.10. The normalized spacial score (nSPS) is 10.1. The van der Waals surface area contributed by atoms with Crippen molar-refractivity contribution in [2.75, 3.05) is 5.32 Å². The van der Waals surface area contributed by atoms with Crippen LogP contribution < -0.4 is 15.4 Å². The average molecular weight is 313 g/mol. The zero-order valence-corrected chi connectivity index (χ0v) is 12.9. The van der Waals surface area contributed by atoms with Crippen molar-refractivity contribution in [3.05, 3.63) is 65.1 Å². The van der Waals surface area contributed by atoms with E-state index in [1.807, 2.05) is 31.2 Å². The summed E-state index contributed by atoms with van der Waals surface area (Å²) in [6.45, 7) is 2.28. The highest BCUT2D eigenvalue weighted by molar-refractivity contribution is 5.94. The van der Waals surface area contributed by atoms with Gasteiger partial charge < -0.3 is 15.8 Å². The number of carbonyl (C=O) groups excluding carboxylic acids is 2. The second-order valence-corrected chi connectivity index (χ2v) is 5.13. The highest BCUT2D eigenvalue weighted by Crippen LogP contribution is 2.11. The number of pyridine rings is 1. The zero-order chi connectivity index (χ0) is 16.7. The molecule has 2 amide bonds. The van der Waals surface area contributed by atoms with Crippen LogP contribution in [0.3, 0.4) is 0 Å². The smallest absolute Gasteiger partial charge is 0.252 e. The van der Waals surface area contributed by atoms with Crippen molar-refractivity contribution in [3.8, 4) is 0 Å². The highest BCUT2D eigenvalue weighted by atomic mass is 16.5. The van der Waals surface area contributed by atoms with Crippen LogP contribution in [0.2, 0.25) is 0 Å². The standard InChI is InChI=1S/C17H19N3O3/c1-2-4-16(21)19-15-6-3-5-13(11-15)12-18-17(22)14-7-9-20(23)10-8-14/h3,5-11H,2,4,12H2,1H3,(H,18,22)(H,19,21). The monoisotopic (exact) mass is 313 g/mol. The van der Waals surface area contributed by atoms with Crippen LogP contribution in [0.4, 0.5) is 5.69 Å². The molecule has 23 heavy (non-hydrogen) atoms. The van der Waals surface area contributed by atoms with Crippen molar-refractivity contribution in [2.24, 2.45) is 0 Å². The molecule has 2 aromatic rings. The number of benzene rings is 1. The highest BCUT2D eigenvalue weighted by Gasteiger charge is 2.07. The van der Waals surface area contributed by atoms with Gasteiger partial charge in [-0.3, -0.25) is 9.59 Å². The first kappa shape index (κ1) is 16.5. The maximum absolute atomic E-state index is 12.0. The molecule has 0 atom stereocenters. The third-order valence-corrected chi connectivity index (χ3v) is 3.21. The second-order valence-electron chi connectivity index (χ2n) is 5.13. The van der Waals surface area contributed by atoms with Gasteiger partial charge in [-0.15, -0.1) is 0 Å². The molecular weight excluding hydrogens is 294 g/mol. The molecule has 0 bridgehead atoms. The Morgan fingerprint density at radius 2 is 1.91 bits per heavy atom. The number of carbonyl (C=O) groups is 2. The summed E-state index contributed by atoms with van der Waals surface area (Å²) in [5.41, 5.74) is 2.01. The first-order valence-corrected chi connectivity index (χ1v) is 7.44. The van der Waals surface area contributed by atoms with Crippen LogP contribution in [-0.2, 0) is 11.3 Å². The lowest BCUT2D eigenvalue weighted by Gasteiger charge is -2.08. The van der Waals surface area contributed by atoms with Crippen molar-refractivity contribution >= 4 is 17.5 Å². The Bertz CT molecular complexity index is 684. The Morgan fingerprint density at radius 1 is 1.17 bits per heavy atom. The second kappa shape index (κ2) is 7.93. The van der Waals surface area contributed by atoms with Gasteiger partial charge in [-0.1, -0.05) is 19.1 Å². The lowest BCUT2D eigenvalue weighted by molar-refractivity contribution is -0.605. The SMILES string of the molecule is CCCC(=O)Nc1cccc(CNC(=O)c2cc[n+]([O-])cc2)c1. The first-order valence-electron chi connectivity index (χ1n) is 7.44. The third-order valence-electron chi connectivity index (χ3n) is 3.21. The largest absolute Gasteiger partial charge is 0.619 e. The fourth-order valence-corrected chi connectivity index (χ4v) is 2.06. The summed E-state index contributed by atoms with van der Waals surface area (Å²) in [6.07, 6.45) is 3.83. The molecule has 0 saturated heterocycles. The molecule has 2 N–H and O–H groups in total. The minimum Gasteiger partial charge on any atom is -0.619 e. The van der Waals surface area contributed by atoms with Gasteiger partial charge in [0, 0.05) is 30.8 Å². The Labute approximate surface area is 134 Å². The molecule has 6 heteroatoms. The number of hydrogen-bond donors (Lipinski definition) is 2. The molecule has 1 heterocycles. The molecule has 0 aliphatic rings. The summed E-state index contributed by atoms with van der Waals surface area (Å²) in [5, 5.41) is 16.5. The van der Waals surface area contributed by atoms with E-state index >= 15 is 0 Å². The molecule has 0 fully saturated rings. The maximum Gasteiger partial charge on any atom is 0.252 e. The first-order chi connectivity index (χ1) is 11.1. The molecule has 0 aliphatic heterocycles. The van der Waals surface area contributed by atoms with Crippen LogP contribution >= 0.6 is 0 Å². The average Bonchev–Trinajstić information content (AvgIpc) is 2.54. The molecule has 1 aromatic carbocycles. The quantitative estimate of drug-likeness (QED) is 0.632. The topological polar surface area (TPSA) is 85.1 Å². The lowest BCUT2D eigenvalue weighted by Crippen LogP contribution is -2.27. The molecule has 0 radical (unpaired) electrons. The van der Waals surface area contributed by atoms with Gasteiger partial charge in [0.15, 0.2) is 12.4 Å². The predicted octanol–water partition coefficient (Wildman–Crippen LogP) is 1.99. The molecule has 0 unspecified atom stereocenters. The Balaban J connectivity index is 1.94. The number of nitrogens with zero attached hydrogens (tertiary/aromatic N) is 1. The summed E-state index contributed by atoms with van der Waals surface area (Å²) in [6, 6.07) is 10.2. The fraction of sp³-hybridized carbons (Fsp3) is 0.235. The van der Waals surface area contributed by atoms with Crippen LogP contribution in [0.25, 0.3) is 0 Å². The molecular formula is C17H19N3O3. The predicted molar refractivity (Wildman–Crippen MR) is 86.6 cm³/mol. The summed E-state index contributed by atoms with van der Waals surface area (Å²) in [5.74, 6) is -0.282. The molecule has 0 saturated carbocycles. The van der Waals surface area contributed by atoms with Gasteiger partial charge in [-0.2, -0.15) is 4.73 Å². The van der Waals surface area contributed by atoms with Crippen LogP contribution in [0, 0.1) is 5.21 Å². The number of amides is 2. The minimum atomic E-state index is -0.258. The maximum atomic E-state index is 12.0. The van der Waals surface area contributed by atoms with Crippen molar-refractivity contribution in [1.82, 2.24) is 5.32 Å². The van der Waals surface area contributed by atoms with E-state index in [1.54, 1.807) is 0 Å². The van der Waals surface area contributed by atoms with Crippen LogP contribution in [0.15, 0.2) is 48.8 Å². The van der Waals surface area contributed by atoms with E-state index in [1.165, 1.54) is 24.5 Å². The number of hydrogen-bond acceptors (Lipinski definition) is 3. The van der Waals surface area contributed by atoms with Crippen molar-refractivity contribution < 1.29 is 14.3 Å². The van der Waals surface area contributed by atoms with Gasteiger partial charge in [0.25, 0.3) is 5.91 Å². The van der Waals surface area contributed by atoms with Crippen LogP contribution in [-0.4, -0.2) is 11.8 Å². The number of nitrogens with one attached hydrogen (secondary N) is 2. The Hall–Kier alpha value is -2.89. The minimum absolute atomic E-state index is 0.0242. The Kier molecular flexibility index (Phi) is 5.68. The molecule has 120 valence electrons. The van der Waals surface area contributed by atoms with Gasteiger partial charge in [0.1, 0.15) is 0 Å². The van der Waals surface area contributed by atoms with Gasteiger partial charge in [-0.05, 0) is 24.1 Å². The number of anilines is 1. The number of rotatable bonds is 6. The zero-order valence-electron chi connectivity index (χ0n) is 12.9. The van der Waals surface area contributed by atoms with Gasteiger partial charge in [0.05, 0.1) is 5.56 Å². The van der Waals surface area contributed by atoms with Crippen LogP contribution in [0.1, 0.15) is 35.7 Å². The molecule has 1 aromatic heterocycles. The van der Waals surface area contributed by atoms with Crippen molar-refractivity contribution in [3.63, 3.8) is 0 Å². The van der Waals surface area contributed by atoms with E-state index in [9.17, 15) is 14.8 Å². The van der Waals surface area contributed by atoms with E-state index in [0.717, 1.165) is 12.0 Å². The Morgan fingerprint density at radius 3 is 2.61 bits per heavy atom. The molecule has 0 aliphatic carbocycles. The van der Waals surface area contributed by atoms with E-state index in [2.05, 4.69) is 10.6 Å². The van der Waals surface area contributed by atoms with E-state index < -0.39 is 0 Å². The summed E-state index contributed by atoms with van der Waals surface area (Å²) < 4.78 is 0.624. The summed E-state index contributed by atoms with van der Waals surface area (Å²) in [4.78, 5) is 23.6. The number of aromatic nitrogens is 1. The van der Waals surface area contributed by atoms with Gasteiger partial charge in [0.2, 0.25) is 5.91 Å². The van der Waals surface area contributed by atoms with E-state index in [-0.39, 0.29) is 11.8 Å². The summed E-state index contributed by atoms with van der Waals surface area (Å²) in [7, 11) is 0. The van der Waals surface area contributed by atoms with Gasteiger partial charge in [-0.25, -0.2) is 0 Å². The fourth-order valence-electron chi connectivity index (χ4n) is 2.06. The van der Waals surface area contributed by atoms with E-state index in [0.29, 0.717) is 28.9 Å². The molecule has 0 spiro atoms. The molecule has 6 nitrogen and oxygen atoms in total. The van der Waals surface area contributed by atoms with Gasteiger partial charge >= 0.3 is 0 Å². The molecule has 2 rings (SSSR count). The summed E-state index contributed by atoms with van der Waals surface area (Å²) >= 11 is 0. The van der Waals surface area contributed by atoms with Crippen molar-refractivity contribution in [1.29, 1.82) is 0 Å². The van der Waals surface area contributed by atoms with E-state index in [4.69, 9.17) is 0 Å². The van der Waals surface area contributed by atoms with Crippen LogP contribution in [0.5, 0.6) is 0 Å².